The van der Waals surface area contributed by atoms with Gasteiger partial charge in [-0.3, -0.25) is 4.72 Å². The number of halogens is 4. The lowest BCUT2D eigenvalue weighted by atomic mass is 10.1. The Bertz CT molecular complexity index is 1030. The fourth-order valence-corrected chi connectivity index (χ4v) is 4.74. The zero-order valence-electron chi connectivity index (χ0n) is 16.5. The fraction of sp³-hybridized carbons (Fsp3) is 0.400. The van der Waals surface area contributed by atoms with Crippen LogP contribution < -0.4 is 9.46 Å². The van der Waals surface area contributed by atoms with Gasteiger partial charge in [0.2, 0.25) is 0 Å². The summed E-state index contributed by atoms with van der Waals surface area (Å²) in [6.45, 7) is 3.10. The van der Waals surface area contributed by atoms with Crippen molar-refractivity contribution in [1.29, 1.82) is 0 Å². The number of nitrogens with one attached hydrogen (secondary N) is 1. The minimum absolute atomic E-state index is 0.0277. The Morgan fingerprint density at radius 2 is 1.97 bits per heavy atom. The normalized spacial score (nSPS) is 17.9. The quantitative estimate of drug-likeness (QED) is 0.669. The van der Waals surface area contributed by atoms with Gasteiger partial charge in [0.05, 0.1) is 16.1 Å². The Morgan fingerprint density at radius 1 is 1.23 bits per heavy atom. The molecule has 1 aliphatic heterocycles. The van der Waals surface area contributed by atoms with Gasteiger partial charge in [-0.05, 0) is 49.7 Å². The largest absolute Gasteiger partial charge is 0.488 e. The van der Waals surface area contributed by atoms with Gasteiger partial charge in [-0.1, -0.05) is 24.6 Å². The molecule has 1 atom stereocenters. The number of likely N-dealkylation sites (N-methyl/N-ethyl adjacent to an activating group) is 1. The maximum atomic E-state index is 13.4. The predicted molar refractivity (Wildman–Crippen MR) is 110 cm³/mol. The number of hydrogen-bond donors (Lipinski definition) is 1. The Kier molecular flexibility index (Phi) is 6.54. The number of sulfonamides is 1. The molecule has 0 bridgehead atoms. The number of alkyl halides is 3. The van der Waals surface area contributed by atoms with Gasteiger partial charge in [0, 0.05) is 24.2 Å². The Balaban J connectivity index is 1.90. The highest BCUT2D eigenvalue weighted by Gasteiger charge is 2.36. The second kappa shape index (κ2) is 8.64. The molecule has 2 aromatic rings. The Labute approximate surface area is 178 Å². The van der Waals surface area contributed by atoms with Crippen LogP contribution in [0, 0.1) is 0 Å². The molecule has 0 saturated carbocycles. The Hall–Kier alpha value is -1.97. The van der Waals surface area contributed by atoms with Crippen molar-refractivity contribution in [3.05, 3.63) is 52.5 Å². The highest BCUT2D eigenvalue weighted by atomic mass is 35.5. The van der Waals surface area contributed by atoms with Gasteiger partial charge >= 0.3 is 6.18 Å². The molecule has 1 fully saturated rings. The molecule has 0 aliphatic carbocycles. The lowest BCUT2D eigenvalue weighted by molar-refractivity contribution is -0.139. The van der Waals surface area contributed by atoms with Crippen LogP contribution in [0.4, 0.5) is 18.9 Å². The van der Waals surface area contributed by atoms with Crippen molar-refractivity contribution in [1.82, 2.24) is 4.90 Å². The number of likely N-dealkylation sites (tertiary alicyclic amines) is 1. The van der Waals surface area contributed by atoms with E-state index in [1.54, 1.807) is 6.07 Å². The summed E-state index contributed by atoms with van der Waals surface area (Å²) in [6.07, 6.45) is -3.79. The molecule has 1 heterocycles. The van der Waals surface area contributed by atoms with Gasteiger partial charge in [0.15, 0.2) is 0 Å². The first-order chi connectivity index (χ1) is 14.0. The average Bonchev–Trinajstić information content (AvgIpc) is 3.05. The molecule has 0 amide bonds. The molecule has 0 radical (unpaired) electrons. The number of anilines is 1. The lowest BCUT2D eigenvalue weighted by Crippen LogP contribution is -2.23. The summed E-state index contributed by atoms with van der Waals surface area (Å²) in [4.78, 5) is 1.87. The van der Waals surface area contributed by atoms with E-state index in [1.807, 2.05) is 18.9 Å². The van der Waals surface area contributed by atoms with Crippen LogP contribution in [0.2, 0.25) is 5.02 Å². The molecule has 30 heavy (non-hydrogen) atoms. The van der Waals surface area contributed by atoms with Crippen molar-refractivity contribution >= 4 is 27.3 Å². The number of ether oxygens (including phenoxy) is 1. The smallest absolute Gasteiger partial charge is 0.419 e. The number of rotatable bonds is 6. The van der Waals surface area contributed by atoms with Crippen molar-refractivity contribution in [2.45, 2.75) is 36.9 Å². The maximum absolute atomic E-state index is 13.4. The van der Waals surface area contributed by atoms with Crippen LogP contribution in [-0.4, -0.2) is 39.6 Å². The molecule has 0 unspecified atom stereocenters. The van der Waals surface area contributed by atoms with Crippen molar-refractivity contribution in [3.8, 4) is 5.75 Å². The number of hydrogen-bond acceptors (Lipinski definition) is 4. The molecular weight excluding hydrogens is 441 g/mol. The first kappa shape index (κ1) is 22.7. The minimum atomic E-state index is -4.62. The molecule has 1 aliphatic rings. The number of nitrogens with zero attached hydrogens (tertiary/aromatic N) is 1. The molecular formula is C20H22ClF3N2O3S. The van der Waals surface area contributed by atoms with E-state index in [1.165, 1.54) is 12.1 Å². The summed E-state index contributed by atoms with van der Waals surface area (Å²) in [5.74, 6) is -0.401. The van der Waals surface area contributed by atoms with Crippen LogP contribution >= 0.6 is 11.6 Å². The summed E-state index contributed by atoms with van der Waals surface area (Å²) >= 11 is 6.10. The minimum Gasteiger partial charge on any atom is -0.488 e. The zero-order chi connectivity index (χ0) is 22.1. The lowest BCUT2D eigenvalue weighted by Gasteiger charge is -2.19. The van der Waals surface area contributed by atoms with E-state index in [-0.39, 0.29) is 10.6 Å². The van der Waals surface area contributed by atoms with Crippen molar-refractivity contribution in [2.75, 3.05) is 24.9 Å². The fourth-order valence-electron chi connectivity index (χ4n) is 3.28. The number of aryl methyl sites for hydroxylation is 1. The van der Waals surface area contributed by atoms with Crippen LogP contribution in [0.3, 0.4) is 0 Å². The molecule has 0 spiro atoms. The van der Waals surface area contributed by atoms with E-state index in [4.69, 9.17) is 16.3 Å². The molecule has 0 aromatic heterocycles. The van der Waals surface area contributed by atoms with Crippen LogP contribution in [0.15, 0.2) is 41.3 Å². The predicted octanol–water partition coefficient (Wildman–Crippen LogP) is 4.80. The molecule has 5 nitrogen and oxygen atoms in total. The van der Waals surface area contributed by atoms with Gasteiger partial charge in [0.25, 0.3) is 10.0 Å². The summed E-state index contributed by atoms with van der Waals surface area (Å²) in [7, 11) is -2.19. The zero-order valence-corrected chi connectivity index (χ0v) is 18.0. The third-order valence-corrected chi connectivity index (χ3v) is 6.63. The van der Waals surface area contributed by atoms with E-state index in [0.717, 1.165) is 23.8 Å². The summed E-state index contributed by atoms with van der Waals surface area (Å²) in [6, 6.07) is 7.28. The topological polar surface area (TPSA) is 58.6 Å². The summed E-state index contributed by atoms with van der Waals surface area (Å²) in [5, 5.41) is 0.308. The van der Waals surface area contributed by atoms with Crippen molar-refractivity contribution < 1.29 is 26.3 Å². The third-order valence-electron chi connectivity index (χ3n) is 4.90. The van der Waals surface area contributed by atoms with E-state index >= 15 is 0 Å². The van der Waals surface area contributed by atoms with Gasteiger partial charge in [0.1, 0.15) is 11.9 Å². The van der Waals surface area contributed by atoms with E-state index in [2.05, 4.69) is 4.72 Å². The monoisotopic (exact) mass is 462 g/mol. The molecule has 3 rings (SSSR count). The summed E-state index contributed by atoms with van der Waals surface area (Å²) < 4.78 is 73.5. The summed E-state index contributed by atoms with van der Waals surface area (Å²) in [5.41, 5.74) is -0.183. The van der Waals surface area contributed by atoms with E-state index < -0.39 is 33.6 Å². The van der Waals surface area contributed by atoms with Crippen LogP contribution in [0.1, 0.15) is 24.5 Å². The molecule has 1 saturated heterocycles. The van der Waals surface area contributed by atoms with Crippen molar-refractivity contribution in [2.24, 2.45) is 0 Å². The van der Waals surface area contributed by atoms with E-state index in [0.29, 0.717) is 31.0 Å². The maximum Gasteiger partial charge on any atom is 0.419 e. The molecule has 10 heteroatoms. The second-order valence-electron chi connectivity index (χ2n) is 7.21. The van der Waals surface area contributed by atoms with E-state index in [9.17, 15) is 21.6 Å². The third kappa shape index (κ3) is 5.19. The number of benzene rings is 2. The first-order valence-corrected chi connectivity index (χ1v) is 11.2. The molecule has 164 valence electrons. The first-order valence-electron chi connectivity index (χ1n) is 9.37. The van der Waals surface area contributed by atoms with Gasteiger partial charge in [-0.15, -0.1) is 0 Å². The highest BCUT2D eigenvalue weighted by molar-refractivity contribution is 7.92. The average molecular weight is 463 g/mol. The van der Waals surface area contributed by atoms with Crippen molar-refractivity contribution in [3.63, 3.8) is 0 Å². The van der Waals surface area contributed by atoms with Gasteiger partial charge in [-0.2, -0.15) is 13.2 Å². The standard InChI is InChI=1S/C20H22ClF3N2O3S/c1-3-13-4-6-16(11-18(13)21)30(27,28)25-14-5-7-17(20(22,23)24)19(10-14)29-15-8-9-26(2)12-15/h4-7,10-11,15,25H,3,8-9,12H2,1-2H3/t15-/m1/s1. The van der Waals surface area contributed by atoms with Crippen LogP contribution in [-0.2, 0) is 22.6 Å². The molecule has 2 aromatic carbocycles. The Morgan fingerprint density at radius 3 is 2.53 bits per heavy atom. The molecule has 1 N–H and O–H groups in total. The van der Waals surface area contributed by atoms with Gasteiger partial charge < -0.3 is 9.64 Å². The SMILES string of the molecule is CCc1ccc(S(=O)(=O)Nc2ccc(C(F)(F)F)c(O[C@@H]3CCN(C)C3)c2)cc1Cl. The van der Waals surface area contributed by atoms with Crippen LogP contribution in [0.25, 0.3) is 0 Å². The van der Waals surface area contributed by atoms with Crippen LogP contribution in [0.5, 0.6) is 5.75 Å². The highest BCUT2D eigenvalue weighted by Crippen LogP contribution is 2.39. The van der Waals surface area contributed by atoms with Gasteiger partial charge in [-0.25, -0.2) is 8.42 Å². The second-order valence-corrected chi connectivity index (χ2v) is 9.30.